The molecule has 22 heavy (non-hydrogen) atoms. The van der Waals surface area contributed by atoms with E-state index in [1.54, 1.807) is 0 Å². The Balaban J connectivity index is 0.00000441. The summed E-state index contributed by atoms with van der Waals surface area (Å²) in [5.74, 6) is -7.83. The number of nitrogens with two attached hydrogens (primary N) is 1. The summed E-state index contributed by atoms with van der Waals surface area (Å²) in [4.78, 5) is 11.1. The molecule has 0 aliphatic carbocycles. The monoisotopic (exact) mass is 351 g/mol. The molecule has 1 aromatic rings. The van der Waals surface area contributed by atoms with Crippen LogP contribution in [-0.4, -0.2) is 18.5 Å². The van der Waals surface area contributed by atoms with Gasteiger partial charge >= 0.3 is 18.1 Å². The molecule has 2 N–H and O–H groups in total. The van der Waals surface area contributed by atoms with E-state index in [1.807, 2.05) is 0 Å². The zero-order chi connectivity index (χ0) is 16.4. The molecule has 0 aromatic heterocycles. The van der Waals surface area contributed by atoms with Crippen molar-refractivity contribution in [3.8, 4) is 0 Å². The van der Waals surface area contributed by atoms with Crippen LogP contribution in [0.5, 0.6) is 0 Å². The largest absolute Gasteiger partial charge is 0.462 e. The molecular weight excluding hydrogens is 340 g/mol. The summed E-state index contributed by atoms with van der Waals surface area (Å²) in [7, 11) is 0. The Kier molecular flexibility index (Phi) is 6.70. The van der Waals surface area contributed by atoms with Gasteiger partial charge in [0.05, 0.1) is 12.2 Å². The van der Waals surface area contributed by atoms with E-state index in [2.05, 4.69) is 4.74 Å². The minimum atomic E-state index is -5.07. The second-order valence-corrected chi connectivity index (χ2v) is 4.06. The van der Waals surface area contributed by atoms with Crippen molar-refractivity contribution in [3.05, 3.63) is 35.1 Å². The van der Waals surface area contributed by atoms with Crippen LogP contribution in [0, 0.1) is 5.82 Å². The molecule has 0 unspecified atom stereocenters. The number of halogens is 7. The van der Waals surface area contributed by atoms with E-state index in [4.69, 9.17) is 5.73 Å². The van der Waals surface area contributed by atoms with E-state index in [-0.39, 0.29) is 25.1 Å². The molecule has 0 radical (unpaired) electrons. The molecule has 126 valence electrons. The van der Waals surface area contributed by atoms with Crippen LogP contribution in [0.4, 0.5) is 26.3 Å². The molecule has 0 amide bonds. The zero-order valence-electron chi connectivity index (χ0n) is 11.1. The molecule has 1 atom stereocenters. The highest BCUT2D eigenvalue weighted by Crippen LogP contribution is 2.36. The van der Waals surface area contributed by atoms with Crippen LogP contribution in [0.15, 0.2) is 18.2 Å². The molecule has 3 nitrogen and oxygen atoms in total. The zero-order valence-corrected chi connectivity index (χ0v) is 11.9. The quantitative estimate of drug-likeness (QED) is 0.667. The Morgan fingerprint density at radius 3 is 2.27 bits per heavy atom. The lowest BCUT2D eigenvalue weighted by molar-refractivity contribution is -0.174. The molecule has 0 spiro atoms. The summed E-state index contributed by atoms with van der Waals surface area (Å²) < 4.78 is 82.0. The van der Waals surface area contributed by atoms with Gasteiger partial charge in [0.25, 0.3) is 0 Å². The minimum absolute atomic E-state index is 0. The van der Waals surface area contributed by atoms with Gasteiger partial charge in [-0.05, 0) is 24.6 Å². The molecule has 0 fully saturated rings. The predicted molar refractivity (Wildman–Crippen MR) is 67.2 cm³/mol. The smallest absolute Gasteiger partial charge is 0.419 e. The van der Waals surface area contributed by atoms with Crippen LogP contribution >= 0.6 is 12.4 Å². The summed E-state index contributed by atoms with van der Waals surface area (Å²) in [6.07, 6.45) is -5.07. The number of carbonyl (C=O) groups is 1. The Labute approximate surface area is 127 Å². The van der Waals surface area contributed by atoms with E-state index in [1.165, 1.54) is 6.92 Å². The third-order valence-electron chi connectivity index (χ3n) is 2.59. The van der Waals surface area contributed by atoms with Crippen LogP contribution in [-0.2, 0) is 15.7 Å². The lowest BCUT2D eigenvalue weighted by Gasteiger charge is -2.22. The van der Waals surface area contributed by atoms with E-state index in [9.17, 15) is 31.1 Å². The topological polar surface area (TPSA) is 52.3 Å². The number of hydrogen-bond acceptors (Lipinski definition) is 3. The summed E-state index contributed by atoms with van der Waals surface area (Å²) in [6, 6.07) is -1.23. The van der Waals surface area contributed by atoms with E-state index in [0.717, 1.165) is 0 Å². The normalized spacial score (nSPS) is 13.3. The van der Waals surface area contributed by atoms with Crippen LogP contribution in [0.2, 0.25) is 0 Å². The molecule has 0 saturated carbocycles. The summed E-state index contributed by atoms with van der Waals surface area (Å²) in [6.45, 7) is 0.928. The number of carbonyl (C=O) groups excluding carboxylic acids is 1. The van der Waals surface area contributed by atoms with Crippen LogP contribution in [0.1, 0.15) is 24.1 Å². The molecule has 1 aromatic carbocycles. The highest BCUT2D eigenvalue weighted by atomic mass is 35.5. The van der Waals surface area contributed by atoms with Crippen molar-refractivity contribution in [2.24, 2.45) is 5.73 Å². The van der Waals surface area contributed by atoms with Crippen molar-refractivity contribution in [1.29, 1.82) is 0 Å². The fraction of sp³-hybridized carbons (Fsp3) is 0.417. The number of hydrogen-bond donors (Lipinski definition) is 1. The first kappa shape index (κ1) is 20.5. The number of ether oxygens (including phenoxy) is 1. The number of esters is 1. The minimum Gasteiger partial charge on any atom is -0.462 e. The maximum Gasteiger partial charge on any atom is 0.419 e. The Bertz CT molecular complexity index is 535. The second kappa shape index (κ2) is 7.19. The van der Waals surface area contributed by atoms with Crippen molar-refractivity contribution in [2.45, 2.75) is 25.1 Å². The second-order valence-electron chi connectivity index (χ2n) is 4.06. The average Bonchev–Trinajstić information content (AvgIpc) is 2.37. The first-order chi connectivity index (χ1) is 9.51. The van der Waals surface area contributed by atoms with Crippen LogP contribution in [0.3, 0.4) is 0 Å². The molecule has 0 aliphatic heterocycles. The van der Waals surface area contributed by atoms with Gasteiger partial charge in [-0.15, -0.1) is 12.4 Å². The van der Waals surface area contributed by atoms with Crippen molar-refractivity contribution in [2.75, 3.05) is 6.61 Å². The lowest BCUT2D eigenvalue weighted by Crippen LogP contribution is -2.41. The highest BCUT2D eigenvalue weighted by molar-refractivity contribution is 5.85. The van der Waals surface area contributed by atoms with Crippen LogP contribution in [0.25, 0.3) is 0 Å². The molecular formula is C12H12ClF6NO2. The maximum absolute atomic E-state index is 13.6. The summed E-state index contributed by atoms with van der Waals surface area (Å²) in [5, 5.41) is 0. The molecule has 0 bridgehead atoms. The van der Waals surface area contributed by atoms with Crippen molar-refractivity contribution in [1.82, 2.24) is 0 Å². The summed E-state index contributed by atoms with van der Waals surface area (Å²) in [5.41, 5.74) is 2.65. The predicted octanol–water partition coefficient (Wildman–Crippen LogP) is 3.46. The van der Waals surface area contributed by atoms with Gasteiger partial charge in [0.1, 0.15) is 11.9 Å². The SMILES string of the molecule is CCOC(=O)C(F)(F)[C@H](N)c1ccc(F)c(C(F)(F)F)c1.Cl. The number of rotatable bonds is 4. The standard InChI is InChI=1S/C12H11F6NO2.ClH/c1-2-21-10(20)11(14,15)9(19)6-3-4-8(13)7(5-6)12(16,17)18;/h3-5,9H,2,19H2,1H3;1H/t9-;/m1./s1. The Hall–Kier alpha value is -1.48. The third-order valence-corrected chi connectivity index (χ3v) is 2.59. The van der Waals surface area contributed by atoms with Gasteiger partial charge in [0, 0.05) is 0 Å². The maximum atomic E-state index is 13.6. The van der Waals surface area contributed by atoms with Crippen molar-refractivity contribution < 1.29 is 35.9 Å². The van der Waals surface area contributed by atoms with Crippen molar-refractivity contribution in [3.63, 3.8) is 0 Å². The van der Waals surface area contributed by atoms with Crippen molar-refractivity contribution >= 4 is 18.4 Å². The van der Waals surface area contributed by atoms with Gasteiger partial charge in [-0.1, -0.05) is 6.07 Å². The Morgan fingerprint density at radius 1 is 1.27 bits per heavy atom. The van der Waals surface area contributed by atoms with Gasteiger partial charge in [-0.2, -0.15) is 22.0 Å². The van der Waals surface area contributed by atoms with Gasteiger partial charge in [-0.3, -0.25) is 0 Å². The van der Waals surface area contributed by atoms with E-state index in [0.29, 0.717) is 12.1 Å². The Morgan fingerprint density at radius 2 is 1.82 bits per heavy atom. The molecule has 0 heterocycles. The van der Waals surface area contributed by atoms with Gasteiger partial charge in [0.15, 0.2) is 0 Å². The van der Waals surface area contributed by atoms with E-state index >= 15 is 0 Å². The lowest BCUT2D eigenvalue weighted by atomic mass is 9.99. The van der Waals surface area contributed by atoms with Gasteiger partial charge in [0.2, 0.25) is 0 Å². The van der Waals surface area contributed by atoms with E-state index < -0.39 is 41.1 Å². The first-order valence-corrected chi connectivity index (χ1v) is 5.69. The highest BCUT2D eigenvalue weighted by Gasteiger charge is 2.48. The number of benzene rings is 1. The fourth-order valence-corrected chi connectivity index (χ4v) is 1.52. The van der Waals surface area contributed by atoms with Gasteiger partial charge < -0.3 is 10.5 Å². The molecule has 0 saturated heterocycles. The first-order valence-electron chi connectivity index (χ1n) is 5.69. The summed E-state index contributed by atoms with van der Waals surface area (Å²) >= 11 is 0. The van der Waals surface area contributed by atoms with Gasteiger partial charge in [-0.25, -0.2) is 9.18 Å². The van der Waals surface area contributed by atoms with Crippen LogP contribution < -0.4 is 5.73 Å². The molecule has 1 rings (SSSR count). The number of alkyl halides is 5. The fourth-order valence-electron chi connectivity index (χ4n) is 1.52. The molecule has 10 heteroatoms. The third kappa shape index (κ3) is 4.26. The average molecular weight is 352 g/mol. The molecule has 0 aliphatic rings.